The molecule has 2 atom stereocenters. The van der Waals surface area contributed by atoms with Crippen molar-refractivity contribution < 1.29 is 0 Å². The highest BCUT2D eigenvalue weighted by molar-refractivity contribution is 7.09. The Morgan fingerprint density at radius 3 is 2.94 bits per heavy atom. The SMILES string of the molecule is Cc1ncsc1CN1CCCC(C)C1CN.Cl. The lowest BCUT2D eigenvalue weighted by atomic mass is 9.91. The number of aromatic nitrogens is 1. The van der Waals surface area contributed by atoms with Crippen molar-refractivity contribution >= 4 is 23.7 Å². The lowest BCUT2D eigenvalue weighted by Crippen LogP contribution is -2.47. The van der Waals surface area contributed by atoms with Gasteiger partial charge in [0, 0.05) is 24.0 Å². The third kappa shape index (κ3) is 3.41. The van der Waals surface area contributed by atoms with Gasteiger partial charge >= 0.3 is 0 Å². The van der Waals surface area contributed by atoms with Crippen LogP contribution in [0.2, 0.25) is 0 Å². The van der Waals surface area contributed by atoms with Gasteiger partial charge in [-0.25, -0.2) is 4.98 Å². The number of likely N-dealkylation sites (tertiary alicyclic amines) is 1. The summed E-state index contributed by atoms with van der Waals surface area (Å²) in [6, 6.07) is 0.551. The van der Waals surface area contributed by atoms with E-state index in [1.807, 2.05) is 5.51 Å². The first-order chi connectivity index (χ1) is 7.72. The number of nitrogens with two attached hydrogens (primary N) is 1. The van der Waals surface area contributed by atoms with Crippen molar-refractivity contribution in [3.8, 4) is 0 Å². The first-order valence-electron chi connectivity index (χ1n) is 6.05. The second-order valence-electron chi connectivity index (χ2n) is 4.75. The Morgan fingerprint density at radius 2 is 2.35 bits per heavy atom. The van der Waals surface area contributed by atoms with Gasteiger partial charge in [-0.3, -0.25) is 4.90 Å². The molecule has 2 unspecified atom stereocenters. The fourth-order valence-corrected chi connectivity index (χ4v) is 3.38. The molecular formula is C12H22ClN3S. The normalized spacial score (nSPS) is 25.6. The minimum atomic E-state index is 0. The van der Waals surface area contributed by atoms with E-state index in [2.05, 4.69) is 23.7 Å². The molecule has 0 amide bonds. The number of piperidine rings is 1. The molecule has 0 radical (unpaired) electrons. The molecule has 2 rings (SSSR count). The molecule has 2 heterocycles. The number of rotatable bonds is 3. The van der Waals surface area contributed by atoms with Gasteiger partial charge in [-0.15, -0.1) is 23.7 Å². The maximum Gasteiger partial charge on any atom is 0.0798 e. The molecule has 1 aliphatic heterocycles. The molecule has 5 heteroatoms. The van der Waals surface area contributed by atoms with E-state index >= 15 is 0 Å². The molecule has 0 spiro atoms. The van der Waals surface area contributed by atoms with Gasteiger partial charge in [0.05, 0.1) is 11.2 Å². The number of halogens is 1. The van der Waals surface area contributed by atoms with Crippen LogP contribution in [0, 0.1) is 12.8 Å². The van der Waals surface area contributed by atoms with Gasteiger partial charge in [0.15, 0.2) is 0 Å². The number of hydrogen-bond donors (Lipinski definition) is 1. The van der Waals surface area contributed by atoms with E-state index in [1.54, 1.807) is 11.3 Å². The standard InChI is InChI=1S/C12H21N3S.ClH/c1-9-4-3-5-15(11(9)6-13)7-12-10(2)14-8-16-12;/h8-9,11H,3-7,13H2,1-2H3;1H. The lowest BCUT2D eigenvalue weighted by molar-refractivity contribution is 0.0999. The third-order valence-corrected chi connectivity index (χ3v) is 4.58. The fraction of sp³-hybridized carbons (Fsp3) is 0.750. The van der Waals surface area contributed by atoms with Crippen LogP contribution in [0.5, 0.6) is 0 Å². The van der Waals surface area contributed by atoms with Crippen LogP contribution >= 0.6 is 23.7 Å². The molecule has 98 valence electrons. The summed E-state index contributed by atoms with van der Waals surface area (Å²) in [5.74, 6) is 0.729. The minimum absolute atomic E-state index is 0. The highest BCUT2D eigenvalue weighted by Gasteiger charge is 2.27. The van der Waals surface area contributed by atoms with Gasteiger partial charge in [0.2, 0.25) is 0 Å². The Bertz CT molecular complexity index is 342. The molecule has 1 aromatic rings. The maximum absolute atomic E-state index is 5.90. The number of hydrogen-bond acceptors (Lipinski definition) is 4. The zero-order chi connectivity index (χ0) is 11.5. The van der Waals surface area contributed by atoms with Crippen molar-refractivity contribution in [2.24, 2.45) is 11.7 Å². The largest absolute Gasteiger partial charge is 0.329 e. The molecule has 0 aromatic carbocycles. The van der Waals surface area contributed by atoms with Crippen molar-refractivity contribution in [1.82, 2.24) is 9.88 Å². The maximum atomic E-state index is 5.90. The minimum Gasteiger partial charge on any atom is -0.329 e. The first kappa shape index (κ1) is 14.9. The van der Waals surface area contributed by atoms with E-state index in [0.717, 1.165) is 19.0 Å². The second-order valence-corrected chi connectivity index (χ2v) is 5.69. The summed E-state index contributed by atoms with van der Waals surface area (Å²) in [5.41, 5.74) is 9.02. The molecule has 0 aliphatic carbocycles. The van der Waals surface area contributed by atoms with E-state index in [4.69, 9.17) is 5.73 Å². The summed E-state index contributed by atoms with van der Waals surface area (Å²) >= 11 is 1.76. The van der Waals surface area contributed by atoms with Gasteiger partial charge in [-0.2, -0.15) is 0 Å². The van der Waals surface area contributed by atoms with Crippen LogP contribution in [0.3, 0.4) is 0 Å². The van der Waals surface area contributed by atoms with E-state index in [0.29, 0.717) is 6.04 Å². The van der Waals surface area contributed by atoms with Crippen LogP contribution in [-0.4, -0.2) is 29.0 Å². The summed E-state index contributed by atoms with van der Waals surface area (Å²) in [4.78, 5) is 8.24. The van der Waals surface area contributed by atoms with Crippen LogP contribution in [0.1, 0.15) is 30.3 Å². The van der Waals surface area contributed by atoms with Gasteiger partial charge in [0.25, 0.3) is 0 Å². The highest BCUT2D eigenvalue weighted by atomic mass is 35.5. The average Bonchev–Trinajstić information content (AvgIpc) is 2.65. The summed E-state index contributed by atoms with van der Waals surface area (Å²) in [7, 11) is 0. The average molecular weight is 276 g/mol. The first-order valence-corrected chi connectivity index (χ1v) is 6.93. The van der Waals surface area contributed by atoms with E-state index in [9.17, 15) is 0 Å². The zero-order valence-corrected chi connectivity index (χ0v) is 12.2. The topological polar surface area (TPSA) is 42.2 Å². The van der Waals surface area contributed by atoms with Gasteiger partial charge < -0.3 is 5.73 Å². The number of thiazole rings is 1. The highest BCUT2D eigenvalue weighted by Crippen LogP contribution is 2.25. The summed E-state index contributed by atoms with van der Waals surface area (Å²) in [5, 5.41) is 0. The predicted molar refractivity (Wildman–Crippen MR) is 75.7 cm³/mol. The Hall–Kier alpha value is -0.160. The van der Waals surface area contributed by atoms with Crippen molar-refractivity contribution in [2.45, 2.75) is 39.3 Å². The molecule has 1 saturated heterocycles. The van der Waals surface area contributed by atoms with Crippen LogP contribution in [0.25, 0.3) is 0 Å². The van der Waals surface area contributed by atoms with Crippen molar-refractivity contribution in [3.63, 3.8) is 0 Å². The molecule has 1 fully saturated rings. The Morgan fingerprint density at radius 1 is 1.59 bits per heavy atom. The smallest absolute Gasteiger partial charge is 0.0798 e. The molecular weight excluding hydrogens is 254 g/mol. The van der Waals surface area contributed by atoms with E-state index in [1.165, 1.54) is 30.0 Å². The Labute approximate surface area is 114 Å². The quantitative estimate of drug-likeness (QED) is 0.921. The predicted octanol–water partition coefficient (Wildman–Crippen LogP) is 2.43. The fourth-order valence-electron chi connectivity index (χ4n) is 2.57. The van der Waals surface area contributed by atoms with Gasteiger partial charge in [-0.05, 0) is 32.2 Å². The number of nitrogens with zero attached hydrogens (tertiary/aromatic N) is 2. The summed E-state index contributed by atoms with van der Waals surface area (Å²) < 4.78 is 0. The molecule has 1 aromatic heterocycles. The molecule has 3 nitrogen and oxygen atoms in total. The van der Waals surface area contributed by atoms with Crippen LogP contribution in [0.4, 0.5) is 0 Å². The molecule has 0 saturated carbocycles. The van der Waals surface area contributed by atoms with Crippen molar-refractivity contribution in [3.05, 3.63) is 16.1 Å². The van der Waals surface area contributed by atoms with Crippen LogP contribution < -0.4 is 5.73 Å². The molecule has 1 aliphatic rings. The monoisotopic (exact) mass is 275 g/mol. The summed E-state index contributed by atoms with van der Waals surface area (Å²) in [6.45, 7) is 7.41. The third-order valence-electron chi connectivity index (χ3n) is 3.66. The Kier molecular flexibility index (Phi) is 5.86. The molecule has 2 N–H and O–H groups in total. The number of aryl methyl sites for hydroxylation is 1. The lowest BCUT2D eigenvalue weighted by Gasteiger charge is -2.39. The van der Waals surface area contributed by atoms with Gasteiger partial charge in [-0.1, -0.05) is 6.92 Å². The van der Waals surface area contributed by atoms with Crippen LogP contribution in [-0.2, 0) is 6.54 Å². The Balaban J connectivity index is 0.00000144. The zero-order valence-electron chi connectivity index (χ0n) is 10.6. The van der Waals surface area contributed by atoms with Crippen molar-refractivity contribution in [1.29, 1.82) is 0 Å². The van der Waals surface area contributed by atoms with Crippen molar-refractivity contribution in [2.75, 3.05) is 13.1 Å². The molecule has 17 heavy (non-hydrogen) atoms. The van der Waals surface area contributed by atoms with Gasteiger partial charge in [0.1, 0.15) is 0 Å². The summed E-state index contributed by atoms with van der Waals surface area (Å²) in [6.07, 6.45) is 2.62. The van der Waals surface area contributed by atoms with Crippen LogP contribution in [0.15, 0.2) is 5.51 Å². The second kappa shape index (κ2) is 6.69. The van der Waals surface area contributed by atoms with E-state index in [-0.39, 0.29) is 12.4 Å². The van der Waals surface area contributed by atoms with E-state index < -0.39 is 0 Å². The molecule has 0 bridgehead atoms.